The van der Waals surface area contributed by atoms with E-state index in [1.807, 2.05) is 35.0 Å². The minimum atomic E-state index is -1.79. The van der Waals surface area contributed by atoms with Crippen LogP contribution in [-0.2, 0) is 21.7 Å². The number of aliphatic hydroxyl groups is 2. The smallest absolute Gasteiger partial charge is 0.349 e. The number of phenols is 1. The fourth-order valence-electron chi connectivity index (χ4n) is 6.90. The fourth-order valence-corrected chi connectivity index (χ4v) is 8.86. The second-order valence-electron chi connectivity index (χ2n) is 13.3. The number of halogens is 1. The zero-order chi connectivity index (χ0) is 37.5. The van der Waals surface area contributed by atoms with Crippen molar-refractivity contribution >= 4 is 56.8 Å². The first-order valence-electron chi connectivity index (χ1n) is 17.6. The van der Waals surface area contributed by atoms with Gasteiger partial charge in [0.05, 0.1) is 39.2 Å². The van der Waals surface area contributed by atoms with E-state index in [-0.39, 0.29) is 29.5 Å². The topological polar surface area (TPSA) is 156 Å². The van der Waals surface area contributed by atoms with Crippen LogP contribution in [0.1, 0.15) is 59.1 Å². The molecule has 6 rings (SSSR count). The lowest BCUT2D eigenvalue weighted by Gasteiger charge is -2.35. The molecule has 1 aliphatic rings. The second-order valence-corrected chi connectivity index (χ2v) is 15.6. The lowest BCUT2D eigenvalue weighted by Crippen LogP contribution is -2.42. The number of hydrogen-bond donors (Lipinski definition) is 6. The number of rotatable bonds is 16. The number of hydrogen-bond acceptors (Lipinski definition) is 12. The molecular weight excluding hydrogens is 736 g/mol. The number of methoxy groups -OCH3 is 1. The van der Waals surface area contributed by atoms with Gasteiger partial charge >= 0.3 is 5.97 Å². The van der Waals surface area contributed by atoms with Crippen molar-refractivity contribution in [3.05, 3.63) is 108 Å². The number of aromatic nitrogens is 1. The van der Waals surface area contributed by atoms with Crippen LogP contribution in [-0.4, -0.2) is 77.1 Å². The number of fused-ring (bicyclic) bond motifs is 1. The van der Waals surface area contributed by atoms with Crippen molar-refractivity contribution in [3.8, 4) is 11.5 Å². The normalized spacial score (nSPS) is 16.9. The van der Waals surface area contributed by atoms with Crippen LogP contribution < -0.4 is 20.9 Å². The lowest BCUT2D eigenvalue weighted by atomic mass is 9.91. The maximum absolute atomic E-state index is 13.4. The van der Waals surface area contributed by atoms with Gasteiger partial charge in [-0.2, -0.15) is 0 Å². The Morgan fingerprint density at radius 1 is 1.08 bits per heavy atom. The molecule has 1 atom stereocenters. The van der Waals surface area contributed by atoms with Gasteiger partial charge < -0.3 is 45.3 Å². The van der Waals surface area contributed by atoms with Crippen molar-refractivity contribution in [2.24, 2.45) is 0 Å². The summed E-state index contributed by atoms with van der Waals surface area (Å²) in [4.78, 5) is 31.3. The van der Waals surface area contributed by atoms with Crippen molar-refractivity contribution in [2.45, 2.75) is 62.5 Å². The first-order chi connectivity index (χ1) is 25.6. The number of thiophene rings is 2. The molecule has 1 fully saturated rings. The summed E-state index contributed by atoms with van der Waals surface area (Å²) in [6.07, 6.45) is 3.01. The molecule has 0 spiro atoms. The number of phenolic OH excluding ortho intramolecular Hbond substituents is 1. The second kappa shape index (κ2) is 17.5. The summed E-state index contributed by atoms with van der Waals surface area (Å²) in [6, 6.07) is 17.3. The van der Waals surface area contributed by atoms with Gasteiger partial charge in [-0.25, -0.2) is 4.79 Å². The summed E-state index contributed by atoms with van der Waals surface area (Å²) in [5.74, 6) is -0.0173. The monoisotopic (exact) mass is 780 g/mol. The Morgan fingerprint density at radius 3 is 2.45 bits per heavy atom. The van der Waals surface area contributed by atoms with Crippen LogP contribution in [0.2, 0.25) is 5.02 Å². The number of nitrogens with one attached hydrogen (secondary N) is 3. The zero-order valence-electron chi connectivity index (χ0n) is 29.6. The number of benzene rings is 2. The van der Waals surface area contributed by atoms with E-state index in [1.165, 1.54) is 34.8 Å². The molecule has 0 unspecified atom stereocenters. The summed E-state index contributed by atoms with van der Waals surface area (Å²) in [5.41, 5.74) is 0.299. The molecule has 282 valence electrons. The van der Waals surface area contributed by atoms with Gasteiger partial charge in [-0.05, 0) is 97.9 Å². The van der Waals surface area contributed by atoms with Gasteiger partial charge in [0.2, 0.25) is 11.2 Å². The average Bonchev–Trinajstić information content (AvgIpc) is 3.91. The molecule has 0 aliphatic heterocycles. The first-order valence-corrected chi connectivity index (χ1v) is 19.8. The highest BCUT2D eigenvalue weighted by molar-refractivity contribution is 7.12. The van der Waals surface area contributed by atoms with Crippen LogP contribution >= 0.6 is 34.3 Å². The molecule has 0 bridgehead atoms. The standard InChI is InChI=1S/C39H45ClN4O7S2/c1-44(25-8-10-26(11-9-25)51-38(48)39(49,33-6-3-18-52-33)34-7-4-19-53-34)17-5-16-42-30-21-27(50-2)20-24(36(30)40)22-41-23-32(46)28-12-14-31(45)37-29(28)13-15-35(47)43-37/h3-4,6-7,12-15,18-21,25-26,32,41-42,45-46,49H,5,8-11,16-17,22-23H2,1-2H3,(H,43,47)/t25-,26-,32-/m0/s1. The molecule has 6 N–H and O–H groups in total. The number of nitrogens with zero attached hydrogens (tertiary/aromatic N) is 1. The number of pyridine rings is 1. The SMILES string of the molecule is COc1cc(CNC[C@H](O)c2ccc(O)c3[nH]c(=O)ccc23)c(Cl)c(NCCCN(C)[C@H]2CC[C@H](OC(=O)C(O)(c3cccs3)c3cccs3)CC2)c1. The number of aromatic amines is 1. The Morgan fingerprint density at radius 2 is 1.79 bits per heavy atom. The van der Waals surface area contributed by atoms with Gasteiger partial charge in [0.25, 0.3) is 0 Å². The molecule has 5 aromatic rings. The molecule has 0 saturated heterocycles. The van der Waals surface area contributed by atoms with Crippen molar-refractivity contribution in [1.82, 2.24) is 15.2 Å². The van der Waals surface area contributed by atoms with E-state index in [1.54, 1.807) is 31.4 Å². The predicted molar refractivity (Wildman–Crippen MR) is 210 cm³/mol. The third-order valence-corrected chi connectivity index (χ3v) is 12.3. The minimum Gasteiger partial charge on any atom is -0.506 e. The van der Waals surface area contributed by atoms with E-state index in [0.717, 1.165) is 49.9 Å². The van der Waals surface area contributed by atoms with Crippen molar-refractivity contribution in [1.29, 1.82) is 0 Å². The molecule has 1 saturated carbocycles. The zero-order valence-corrected chi connectivity index (χ0v) is 32.0. The largest absolute Gasteiger partial charge is 0.506 e. The quantitative estimate of drug-likeness (QED) is 0.0492. The first kappa shape index (κ1) is 38.8. The highest BCUT2D eigenvalue weighted by atomic mass is 35.5. The summed E-state index contributed by atoms with van der Waals surface area (Å²) in [5, 5.41) is 44.3. The van der Waals surface area contributed by atoms with Crippen LogP contribution in [0.5, 0.6) is 11.5 Å². The molecule has 14 heteroatoms. The number of esters is 1. The van der Waals surface area contributed by atoms with E-state index in [0.29, 0.717) is 50.6 Å². The Balaban J connectivity index is 0.962. The Labute approximate surface area is 321 Å². The third-order valence-electron chi connectivity index (χ3n) is 9.87. The highest BCUT2D eigenvalue weighted by Crippen LogP contribution is 2.38. The fraction of sp³-hybridized carbons (Fsp3) is 0.385. The van der Waals surface area contributed by atoms with Crippen molar-refractivity contribution in [2.75, 3.05) is 39.1 Å². The van der Waals surface area contributed by atoms with Gasteiger partial charge in [0, 0.05) is 43.2 Å². The van der Waals surface area contributed by atoms with Gasteiger partial charge in [0.15, 0.2) is 0 Å². The Hall–Kier alpha value is -3.95. The number of H-pyrrole nitrogens is 1. The number of aliphatic hydroxyl groups excluding tert-OH is 1. The van der Waals surface area contributed by atoms with Crippen molar-refractivity contribution in [3.63, 3.8) is 0 Å². The number of ether oxygens (including phenoxy) is 2. The molecule has 3 aromatic heterocycles. The van der Waals surface area contributed by atoms with E-state index in [9.17, 15) is 24.9 Å². The van der Waals surface area contributed by atoms with Crippen LogP contribution in [0, 0.1) is 0 Å². The average molecular weight is 781 g/mol. The Kier molecular flexibility index (Phi) is 12.8. The Bertz CT molecular complexity index is 2000. The van der Waals surface area contributed by atoms with Crippen LogP contribution in [0.15, 0.2) is 76.2 Å². The molecule has 0 amide bonds. The van der Waals surface area contributed by atoms with Crippen molar-refractivity contribution < 1.29 is 29.6 Å². The molecule has 3 heterocycles. The molecule has 1 aliphatic carbocycles. The van der Waals surface area contributed by atoms with Crippen LogP contribution in [0.3, 0.4) is 0 Å². The highest BCUT2D eigenvalue weighted by Gasteiger charge is 2.45. The number of anilines is 1. The third kappa shape index (κ3) is 8.89. The molecule has 11 nitrogen and oxygen atoms in total. The van der Waals surface area contributed by atoms with E-state index in [2.05, 4.69) is 27.6 Å². The van der Waals surface area contributed by atoms with Gasteiger partial charge in [0.1, 0.15) is 17.6 Å². The molecule has 0 radical (unpaired) electrons. The van der Waals surface area contributed by atoms with Gasteiger partial charge in [-0.1, -0.05) is 29.8 Å². The predicted octanol–water partition coefficient (Wildman–Crippen LogP) is 6.37. The molecule has 2 aromatic carbocycles. The van der Waals surface area contributed by atoms with Crippen LogP contribution in [0.25, 0.3) is 10.9 Å². The summed E-state index contributed by atoms with van der Waals surface area (Å²) < 4.78 is 11.5. The summed E-state index contributed by atoms with van der Waals surface area (Å²) >= 11 is 9.52. The minimum absolute atomic E-state index is 0.0608. The van der Waals surface area contributed by atoms with E-state index in [4.69, 9.17) is 21.1 Å². The molecular formula is C39H45ClN4O7S2. The molecule has 53 heavy (non-hydrogen) atoms. The van der Waals surface area contributed by atoms with Gasteiger partial charge in [-0.15, -0.1) is 22.7 Å². The number of aromatic hydroxyl groups is 1. The lowest BCUT2D eigenvalue weighted by molar-refractivity contribution is -0.169. The van der Waals surface area contributed by atoms with E-state index >= 15 is 0 Å². The summed E-state index contributed by atoms with van der Waals surface area (Å²) in [7, 11) is 3.73. The number of carbonyl (C=O) groups is 1. The van der Waals surface area contributed by atoms with E-state index < -0.39 is 17.7 Å². The number of carbonyl (C=O) groups excluding carboxylic acids is 1. The maximum atomic E-state index is 13.4. The maximum Gasteiger partial charge on any atom is 0.349 e. The summed E-state index contributed by atoms with van der Waals surface area (Å²) in [6.45, 7) is 2.14. The van der Waals surface area contributed by atoms with Gasteiger partial charge in [-0.3, -0.25) is 4.79 Å². The van der Waals surface area contributed by atoms with Crippen LogP contribution in [0.4, 0.5) is 5.69 Å².